The Labute approximate surface area is 119 Å². The lowest BCUT2D eigenvalue weighted by atomic mass is 9.97. The molecule has 0 fully saturated rings. The van der Waals surface area contributed by atoms with Gasteiger partial charge in [0.2, 0.25) is 0 Å². The van der Waals surface area contributed by atoms with Crippen LogP contribution in [-0.2, 0) is 16.0 Å². The molecule has 0 bridgehead atoms. The first kappa shape index (κ1) is 13.3. The minimum absolute atomic E-state index is 0.0309. The SMILES string of the molecule is O=C(NCC1=CCNCC1)C1OCCc2ccccc21. The third-order valence-electron chi connectivity index (χ3n) is 3.88. The average molecular weight is 272 g/mol. The van der Waals surface area contributed by atoms with Crippen molar-refractivity contribution < 1.29 is 9.53 Å². The molecule has 0 radical (unpaired) electrons. The topological polar surface area (TPSA) is 50.4 Å². The lowest BCUT2D eigenvalue weighted by Crippen LogP contribution is -2.36. The van der Waals surface area contributed by atoms with Gasteiger partial charge in [0.15, 0.2) is 6.10 Å². The number of carbonyl (C=O) groups excluding carboxylic acids is 1. The van der Waals surface area contributed by atoms with E-state index in [1.54, 1.807) is 0 Å². The summed E-state index contributed by atoms with van der Waals surface area (Å²) in [5, 5.41) is 6.27. The first-order valence-corrected chi connectivity index (χ1v) is 7.20. The Balaban J connectivity index is 1.64. The van der Waals surface area contributed by atoms with E-state index in [1.807, 2.05) is 18.2 Å². The number of hydrogen-bond donors (Lipinski definition) is 2. The first-order chi connectivity index (χ1) is 9.84. The molecule has 2 heterocycles. The molecule has 106 valence electrons. The fourth-order valence-electron chi connectivity index (χ4n) is 2.73. The summed E-state index contributed by atoms with van der Waals surface area (Å²) in [7, 11) is 0. The molecule has 2 N–H and O–H groups in total. The normalized spacial score (nSPS) is 21.8. The van der Waals surface area contributed by atoms with Crippen molar-refractivity contribution in [1.82, 2.24) is 10.6 Å². The van der Waals surface area contributed by atoms with Crippen LogP contribution in [0.15, 0.2) is 35.9 Å². The Morgan fingerprint density at radius 3 is 3.10 bits per heavy atom. The molecular weight excluding hydrogens is 252 g/mol. The second kappa shape index (κ2) is 6.20. The smallest absolute Gasteiger partial charge is 0.254 e. The Kier molecular flexibility index (Phi) is 4.14. The second-order valence-corrected chi connectivity index (χ2v) is 5.23. The number of ether oxygens (including phenoxy) is 1. The van der Waals surface area contributed by atoms with Gasteiger partial charge in [-0.2, -0.15) is 0 Å². The van der Waals surface area contributed by atoms with E-state index < -0.39 is 6.10 Å². The van der Waals surface area contributed by atoms with Gasteiger partial charge in [0, 0.05) is 13.1 Å². The highest BCUT2D eigenvalue weighted by molar-refractivity contribution is 5.83. The average Bonchev–Trinajstić information content (AvgIpc) is 2.53. The van der Waals surface area contributed by atoms with Crippen molar-refractivity contribution in [3.05, 3.63) is 47.0 Å². The zero-order valence-electron chi connectivity index (χ0n) is 11.5. The van der Waals surface area contributed by atoms with Gasteiger partial charge in [-0.15, -0.1) is 0 Å². The first-order valence-electron chi connectivity index (χ1n) is 7.20. The Hall–Kier alpha value is -1.65. The second-order valence-electron chi connectivity index (χ2n) is 5.23. The van der Waals surface area contributed by atoms with Gasteiger partial charge in [0.25, 0.3) is 5.91 Å². The zero-order valence-corrected chi connectivity index (χ0v) is 11.5. The van der Waals surface area contributed by atoms with Crippen LogP contribution in [0.5, 0.6) is 0 Å². The van der Waals surface area contributed by atoms with E-state index >= 15 is 0 Å². The Morgan fingerprint density at radius 1 is 1.35 bits per heavy atom. The molecule has 1 amide bonds. The molecule has 2 aliphatic rings. The predicted molar refractivity (Wildman–Crippen MR) is 77.4 cm³/mol. The molecule has 1 unspecified atom stereocenters. The molecule has 4 heteroatoms. The van der Waals surface area contributed by atoms with Gasteiger partial charge in [0.1, 0.15) is 0 Å². The summed E-state index contributed by atoms with van der Waals surface area (Å²) in [4.78, 5) is 12.3. The quantitative estimate of drug-likeness (QED) is 0.816. The summed E-state index contributed by atoms with van der Waals surface area (Å²) in [6.45, 7) is 3.13. The van der Waals surface area contributed by atoms with Crippen LogP contribution in [0, 0.1) is 0 Å². The van der Waals surface area contributed by atoms with Crippen molar-refractivity contribution in [2.75, 3.05) is 26.2 Å². The lowest BCUT2D eigenvalue weighted by molar-refractivity contribution is -0.133. The zero-order chi connectivity index (χ0) is 13.8. The van der Waals surface area contributed by atoms with Crippen LogP contribution in [0.1, 0.15) is 23.7 Å². The molecule has 0 saturated carbocycles. The summed E-state index contributed by atoms with van der Waals surface area (Å²) in [5.74, 6) is -0.0309. The molecule has 1 atom stereocenters. The number of rotatable bonds is 3. The van der Waals surface area contributed by atoms with Crippen molar-refractivity contribution in [3.8, 4) is 0 Å². The number of benzene rings is 1. The third-order valence-corrected chi connectivity index (χ3v) is 3.88. The number of carbonyl (C=O) groups is 1. The van der Waals surface area contributed by atoms with E-state index in [2.05, 4.69) is 22.8 Å². The number of fused-ring (bicyclic) bond motifs is 1. The Morgan fingerprint density at radius 2 is 2.25 bits per heavy atom. The molecular formula is C16H20N2O2. The molecule has 1 aromatic rings. The van der Waals surface area contributed by atoms with Gasteiger partial charge >= 0.3 is 0 Å². The summed E-state index contributed by atoms with van der Waals surface area (Å²) < 4.78 is 5.66. The van der Waals surface area contributed by atoms with Crippen LogP contribution in [0.25, 0.3) is 0 Å². The summed E-state index contributed by atoms with van der Waals surface area (Å²) in [6.07, 6.45) is 3.58. The molecule has 4 nitrogen and oxygen atoms in total. The largest absolute Gasteiger partial charge is 0.363 e. The number of amides is 1. The van der Waals surface area contributed by atoms with Crippen LogP contribution >= 0.6 is 0 Å². The number of nitrogens with one attached hydrogen (secondary N) is 2. The summed E-state index contributed by atoms with van der Waals surface area (Å²) in [5.41, 5.74) is 3.52. The molecule has 0 saturated heterocycles. The standard InChI is InChI=1S/C16H20N2O2/c19-16(18-11-12-5-8-17-9-6-12)15-14-4-2-1-3-13(14)7-10-20-15/h1-5,15,17H,6-11H2,(H,18,19). The number of hydrogen-bond acceptors (Lipinski definition) is 3. The molecule has 20 heavy (non-hydrogen) atoms. The van der Waals surface area contributed by atoms with Gasteiger partial charge < -0.3 is 15.4 Å². The maximum atomic E-state index is 12.3. The van der Waals surface area contributed by atoms with E-state index in [9.17, 15) is 4.79 Å². The maximum Gasteiger partial charge on any atom is 0.254 e. The molecule has 1 aromatic carbocycles. The van der Waals surface area contributed by atoms with E-state index in [1.165, 1.54) is 11.1 Å². The van der Waals surface area contributed by atoms with Crippen LogP contribution in [0.4, 0.5) is 0 Å². The monoisotopic (exact) mass is 272 g/mol. The highest BCUT2D eigenvalue weighted by atomic mass is 16.5. The molecule has 0 spiro atoms. The molecule has 2 aliphatic heterocycles. The highest BCUT2D eigenvalue weighted by Gasteiger charge is 2.26. The Bertz CT molecular complexity index is 525. The molecule has 0 aliphatic carbocycles. The fourth-order valence-corrected chi connectivity index (χ4v) is 2.73. The van der Waals surface area contributed by atoms with Crippen molar-refractivity contribution in [1.29, 1.82) is 0 Å². The molecule has 3 rings (SSSR count). The summed E-state index contributed by atoms with van der Waals surface area (Å²) >= 11 is 0. The minimum Gasteiger partial charge on any atom is -0.363 e. The summed E-state index contributed by atoms with van der Waals surface area (Å²) in [6, 6.07) is 8.04. The van der Waals surface area contributed by atoms with Gasteiger partial charge in [-0.1, -0.05) is 35.9 Å². The van der Waals surface area contributed by atoms with Crippen LogP contribution in [0.3, 0.4) is 0 Å². The van der Waals surface area contributed by atoms with Crippen molar-refractivity contribution >= 4 is 5.91 Å². The minimum atomic E-state index is -0.456. The van der Waals surface area contributed by atoms with E-state index in [4.69, 9.17) is 4.74 Å². The third kappa shape index (κ3) is 2.92. The van der Waals surface area contributed by atoms with E-state index in [0.29, 0.717) is 13.2 Å². The maximum absolute atomic E-state index is 12.3. The van der Waals surface area contributed by atoms with Crippen LogP contribution in [-0.4, -0.2) is 32.1 Å². The highest BCUT2D eigenvalue weighted by Crippen LogP contribution is 2.26. The van der Waals surface area contributed by atoms with Crippen molar-refractivity contribution in [2.24, 2.45) is 0 Å². The van der Waals surface area contributed by atoms with Gasteiger partial charge in [0.05, 0.1) is 6.61 Å². The predicted octanol–water partition coefficient (Wildman–Crippen LogP) is 1.34. The van der Waals surface area contributed by atoms with Crippen LogP contribution < -0.4 is 10.6 Å². The van der Waals surface area contributed by atoms with Gasteiger partial charge in [-0.05, 0) is 30.5 Å². The van der Waals surface area contributed by atoms with Crippen molar-refractivity contribution in [2.45, 2.75) is 18.9 Å². The van der Waals surface area contributed by atoms with E-state index in [0.717, 1.165) is 31.5 Å². The lowest BCUT2D eigenvalue weighted by Gasteiger charge is -2.25. The van der Waals surface area contributed by atoms with Gasteiger partial charge in [-0.25, -0.2) is 0 Å². The van der Waals surface area contributed by atoms with E-state index in [-0.39, 0.29) is 5.91 Å². The van der Waals surface area contributed by atoms with Crippen LogP contribution in [0.2, 0.25) is 0 Å². The van der Waals surface area contributed by atoms with Crippen molar-refractivity contribution in [3.63, 3.8) is 0 Å². The molecule has 0 aromatic heterocycles. The fraction of sp³-hybridized carbons (Fsp3) is 0.438. The van der Waals surface area contributed by atoms with Gasteiger partial charge in [-0.3, -0.25) is 4.79 Å².